The highest BCUT2D eigenvalue weighted by Crippen LogP contribution is 2.54. The molecule has 2 aliphatic carbocycles. The van der Waals surface area contributed by atoms with E-state index < -0.39 is 0 Å². The topological polar surface area (TPSA) is 0 Å². The minimum atomic E-state index is -0.176. The van der Waals surface area contributed by atoms with E-state index in [0.29, 0.717) is 0 Å². The van der Waals surface area contributed by atoms with Crippen LogP contribution in [-0.2, 0) is 5.41 Å². The summed E-state index contributed by atoms with van der Waals surface area (Å²) >= 11 is 0. The highest BCUT2D eigenvalue weighted by molar-refractivity contribution is 5.63. The lowest BCUT2D eigenvalue weighted by atomic mass is 9.58. The van der Waals surface area contributed by atoms with Crippen LogP contribution in [0, 0.1) is 0 Å². The van der Waals surface area contributed by atoms with Gasteiger partial charge in [-0.3, -0.25) is 0 Å². The molecular weight excluding hydrogens is 348 g/mol. The van der Waals surface area contributed by atoms with Gasteiger partial charge in [0.2, 0.25) is 0 Å². The van der Waals surface area contributed by atoms with Gasteiger partial charge in [-0.2, -0.15) is 0 Å². The Hall–Kier alpha value is -2.60. The minimum Gasteiger partial charge on any atom is -0.0991 e. The summed E-state index contributed by atoms with van der Waals surface area (Å²) < 4.78 is 0. The van der Waals surface area contributed by atoms with Crippen LogP contribution in [-0.4, -0.2) is 0 Å². The molecule has 0 saturated heterocycles. The number of hydrogen-bond acceptors (Lipinski definition) is 0. The molecule has 3 rings (SSSR count). The van der Waals surface area contributed by atoms with E-state index in [0.717, 1.165) is 19.3 Å². The number of benzene rings is 1. The zero-order chi connectivity index (χ0) is 20.7. The molecule has 1 unspecified atom stereocenters. The summed E-state index contributed by atoms with van der Waals surface area (Å²) in [5.41, 5.74) is 8.22. The first-order chi connectivity index (χ1) is 14.2. The van der Waals surface area contributed by atoms with Crippen molar-refractivity contribution in [3.63, 3.8) is 0 Å². The highest BCUT2D eigenvalue weighted by atomic mass is 14.5. The standard InChI is InChI=1S/C29H34/c1-5-16-24(17-6-2)29(25-18-12-11-13-19-25)22-23(7-3)26(8-4)27-20-14-9-10-15-21-28(27)29/h5-8,11-13,16-19H,1,3-4,9-10,14-15,20-22H2,2H3/b17-6-,24-16+. The predicted octanol–water partition coefficient (Wildman–Crippen LogP) is 8.34. The molecule has 0 bridgehead atoms. The van der Waals surface area contributed by atoms with Crippen molar-refractivity contribution in [2.75, 3.05) is 0 Å². The molecule has 0 heteroatoms. The van der Waals surface area contributed by atoms with Crippen LogP contribution in [0.4, 0.5) is 0 Å². The second-order valence-electron chi connectivity index (χ2n) is 8.02. The fourth-order valence-corrected chi connectivity index (χ4v) is 5.23. The van der Waals surface area contributed by atoms with Crippen molar-refractivity contribution in [1.82, 2.24) is 0 Å². The van der Waals surface area contributed by atoms with Crippen molar-refractivity contribution in [2.24, 2.45) is 0 Å². The Bertz CT molecular complexity index is 885. The summed E-state index contributed by atoms with van der Waals surface area (Å²) in [6.07, 6.45) is 21.0. The minimum absolute atomic E-state index is 0.176. The Balaban J connectivity index is 2.41. The third-order valence-electron chi connectivity index (χ3n) is 6.46. The summed E-state index contributed by atoms with van der Waals surface area (Å²) in [4.78, 5) is 0. The maximum absolute atomic E-state index is 4.19. The van der Waals surface area contributed by atoms with E-state index in [1.54, 1.807) is 5.57 Å². The molecule has 150 valence electrons. The normalized spacial score (nSPS) is 23.4. The fourth-order valence-electron chi connectivity index (χ4n) is 5.23. The van der Waals surface area contributed by atoms with Crippen molar-refractivity contribution < 1.29 is 0 Å². The molecule has 0 amide bonds. The van der Waals surface area contributed by atoms with Crippen molar-refractivity contribution in [3.8, 4) is 0 Å². The summed E-state index contributed by atoms with van der Waals surface area (Å²) in [7, 11) is 0. The molecule has 0 fully saturated rings. The quantitative estimate of drug-likeness (QED) is 0.434. The second-order valence-corrected chi connectivity index (χ2v) is 8.02. The number of rotatable bonds is 6. The molecule has 0 heterocycles. The second kappa shape index (κ2) is 9.74. The van der Waals surface area contributed by atoms with Gasteiger partial charge in [-0.1, -0.05) is 105 Å². The van der Waals surface area contributed by atoms with Gasteiger partial charge >= 0.3 is 0 Å². The van der Waals surface area contributed by atoms with Gasteiger partial charge in [0.25, 0.3) is 0 Å². The first-order valence-corrected chi connectivity index (χ1v) is 10.9. The van der Waals surface area contributed by atoms with Crippen molar-refractivity contribution in [2.45, 2.75) is 57.3 Å². The fraction of sp³-hybridized carbons (Fsp3) is 0.310. The molecule has 2 aliphatic rings. The lowest BCUT2D eigenvalue weighted by molar-refractivity contribution is 0.510. The van der Waals surface area contributed by atoms with E-state index in [4.69, 9.17) is 0 Å². The Morgan fingerprint density at radius 2 is 1.66 bits per heavy atom. The summed E-state index contributed by atoms with van der Waals surface area (Å²) in [6.45, 7) is 14.5. The maximum atomic E-state index is 4.19. The zero-order valence-corrected chi connectivity index (χ0v) is 17.9. The van der Waals surface area contributed by atoms with E-state index in [2.05, 4.69) is 87.4 Å². The van der Waals surface area contributed by atoms with Crippen LogP contribution in [0.3, 0.4) is 0 Å². The van der Waals surface area contributed by atoms with Gasteiger partial charge in [0.1, 0.15) is 0 Å². The molecule has 1 atom stereocenters. The van der Waals surface area contributed by atoms with E-state index in [1.165, 1.54) is 53.5 Å². The van der Waals surface area contributed by atoms with E-state index in [1.807, 2.05) is 6.08 Å². The molecule has 29 heavy (non-hydrogen) atoms. The lowest BCUT2D eigenvalue weighted by Crippen LogP contribution is -2.35. The Morgan fingerprint density at radius 3 is 2.28 bits per heavy atom. The van der Waals surface area contributed by atoms with Crippen LogP contribution in [0.5, 0.6) is 0 Å². The van der Waals surface area contributed by atoms with Crippen LogP contribution in [0.15, 0.2) is 114 Å². The summed E-state index contributed by atoms with van der Waals surface area (Å²) in [5, 5.41) is 0. The number of allylic oxidation sites excluding steroid dienone is 11. The highest BCUT2D eigenvalue weighted by Gasteiger charge is 2.43. The van der Waals surface area contributed by atoms with E-state index in [9.17, 15) is 0 Å². The Morgan fingerprint density at radius 1 is 0.931 bits per heavy atom. The van der Waals surface area contributed by atoms with Crippen molar-refractivity contribution in [1.29, 1.82) is 0 Å². The monoisotopic (exact) mass is 382 g/mol. The SMILES string of the molecule is C=C/C=C(\C=C/C)C1(c2ccccc2)CC(C=C)=C(C=C)C2=C1CCCCCC2. The zero-order valence-electron chi connectivity index (χ0n) is 17.9. The third kappa shape index (κ3) is 3.94. The summed E-state index contributed by atoms with van der Waals surface area (Å²) in [6, 6.07) is 11.0. The Kier molecular flexibility index (Phi) is 7.09. The lowest BCUT2D eigenvalue weighted by Gasteiger charge is -2.45. The molecule has 0 aliphatic heterocycles. The first-order valence-electron chi connectivity index (χ1n) is 10.9. The molecule has 1 aromatic carbocycles. The van der Waals surface area contributed by atoms with Gasteiger partial charge in [-0.25, -0.2) is 0 Å². The van der Waals surface area contributed by atoms with E-state index in [-0.39, 0.29) is 5.41 Å². The molecule has 0 aromatic heterocycles. The molecular formula is C29H34. The van der Waals surface area contributed by atoms with Crippen molar-refractivity contribution in [3.05, 3.63) is 120 Å². The van der Waals surface area contributed by atoms with Crippen LogP contribution < -0.4 is 0 Å². The van der Waals surface area contributed by atoms with E-state index >= 15 is 0 Å². The maximum Gasteiger partial charge on any atom is 0.0457 e. The average Bonchev–Trinajstić information content (AvgIpc) is 2.73. The van der Waals surface area contributed by atoms with Gasteiger partial charge in [-0.05, 0) is 66.9 Å². The molecule has 0 saturated carbocycles. The number of hydrogen-bond donors (Lipinski definition) is 0. The third-order valence-corrected chi connectivity index (χ3v) is 6.46. The largest absolute Gasteiger partial charge is 0.0991 e. The van der Waals surface area contributed by atoms with Crippen LogP contribution in [0.25, 0.3) is 0 Å². The van der Waals surface area contributed by atoms with Crippen LogP contribution in [0.1, 0.15) is 57.4 Å². The predicted molar refractivity (Wildman–Crippen MR) is 128 cm³/mol. The summed E-state index contributed by atoms with van der Waals surface area (Å²) in [5.74, 6) is 0. The smallest absolute Gasteiger partial charge is 0.0457 e. The van der Waals surface area contributed by atoms with Gasteiger partial charge < -0.3 is 0 Å². The van der Waals surface area contributed by atoms with Crippen LogP contribution in [0.2, 0.25) is 0 Å². The van der Waals surface area contributed by atoms with Gasteiger partial charge in [0.05, 0.1) is 0 Å². The average molecular weight is 383 g/mol. The molecule has 0 radical (unpaired) electrons. The van der Waals surface area contributed by atoms with Crippen molar-refractivity contribution >= 4 is 0 Å². The molecule has 1 aromatic rings. The molecule has 0 N–H and O–H groups in total. The Labute approximate surface area is 177 Å². The molecule has 0 spiro atoms. The van der Waals surface area contributed by atoms with Gasteiger partial charge in [0.15, 0.2) is 0 Å². The molecule has 0 nitrogen and oxygen atoms in total. The van der Waals surface area contributed by atoms with Gasteiger partial charge in [0, 0.05) is 5.41 Å². The van der Waals surface area contributed by atoms with Gasteiger partial charge in [-0.15, -0.1) is 0 Å². The first kappa shape index (κ1) is 21.1. The van der Waals surface area contributed by atoms with Crippen LogP contribution >= 0.6 is 0 Å².